The van der Waals surface area contributed by atoms with Gasteiger partial charge in [0.1, 0.15) is 5.60 Å². The Morgan fingerprint density at radius 1 is 1.39 bits per heavy atom. The Hall–Kier alpha value is -2.12. The molecule has 156 valence electrons. The van der Waals surface area contributed by atoms with Gasteiger partial charge in [0, 0.05) is 38.6 Å². The van der Waals surface area contributed by atoms with Gasteiger partial charge in [-0.1, -0.05) is 13.8 Å². The Kier molecular flexibility index (Phi) is 7.43. The van der Waals surface area contributed by atoms with Crippen LogP contribution < -0.4 is 5.32 Å². The van der Waals surface area contributed by atoms with Crippen LogP contribution in [0.5, 0.6) is 0 Å². The molecule has 0 aliphatic carbocycles. The molecule has 1 N–H and O–H groups in total. The van der Waals surface area contributed by atoms with Gasteiger partial charge in [-0.05, 0) is 44.6 Å². The Morgan fingerprint density at radius 2 is 2.11 bits per heavy atom. The van der Waals surface area contributed by atoms with Gasteiger partial charge in [-0.2, -0.15) is 0 Å². The second-order valence-electron chi connectivity index (χ2n) is 8.37. The topological polar surface area (TPSA) is 66.8 Å². The average molecular weight is 391 g/mol. The predicted molar refractivity (Wildman–Crippen MR) is 111 cm³/mol. The van der Waals surface area contributed by atoms with Crippen LogP contribution in [0, 0.1) is 5.92 Å². The Morgan fingerprint density at radius 3 is 2.68 bits per heavy atom. The van der Waals surface area contributed by atoms with Gasteiger partial charge in [-0.15, -0.1) is 0 Å². The van der Waals surface area contributed by atoms with Crippen LogP contribution in [0.25, 0.3) is 6.08 Å². The van der Waals surface area contributed by atoms with Crippen molar-refractivity contribution in [3.8, 4) is 0 Å². The van der Waals surface area contributed by atoms with Crippen LogP contribution in [0.15, 0.2) is 24.5 Å². The van der Waals surface area contributed by atoms with E-state index in [1.54, 1.807) is 11.0 Å². The van der Waals surface area contributed by atoms with Gasteiger partial charge < -0.3 is 19.5 Å². The molecule has 1 saturated heterocycles. The molecule has 7 nitrogen and oxygen atoms in total. The van der Waals surface area contributed by atoms with E-state index < -0.39 is 5.60 Å². The molecule has 2 unspecified atom stereocenters. The number of hydrogen-bond acceptors (Lipinski definition) is 4. The molecule has 7 heteroatoms. The lowest BCUT2D eigenvalue weighted by Gasteiger charge is -2.40. The highest BCUT2D eigenvalue weighted by atomic mass is 16.5. The first-order valence-electron chi connectivity index (χ1n) is 9.78. The first kappa shape index (κ1) is 22.2. The van der Waals surface area contributed by atoms with Crippen LogP contribution in [-0.4, -0.2) is 78.2 Å². The minimum atomic E-state index is -0.599. The van der Waals surface area contributed by atoms with Crippen molar-refractivity contribution in [3.63, 3.8) is 0 Å². The van der Waals surface area contributed by atoms with Crippen LogP contribution in [0.2, 0.25) is 0 Å². The van der Waals surface area contributed by atoms with Crippen molar-refractivity contribution in [2.24, 2.45) is 13.0 Å². The van der Waals surface area contributed by atoms with Crippen LogP contribution in [0.3, 0.4) is 0 Å². The number of amides is 2. The first-order chi connectivity index (χ1) is 13.1. The SMILES string of the molecule is CC(C)C(C(=O)NCC1(C)CN(C(=O)/C=C/c2ccn(C)c2)CCO1)N(C)C. The zero-order valence-corrected chi connectivity index (χ0v) is 17.9. The summed E-state index contributed by atoms with van der Waals surface area (Å²) in [5, 5.41) is 3.01. The quantitative estimate of drug-likeness (QED) is 0.714. The fraction of sp³-hybridized carbons (Fsp3) is 0.619. The average Bonchev–Trinajstić information content (AvgIpc) is 3.03. The zero-order chi connectivity index (χ0) is 20.9. The van der Waals surface area contributed by atoms with Crippen LogP contribution in [0.4, 0.5) is 0 Å². The summed E-state index contributed by atoms with van der Waals surface area (Å²) in [5.74, 6) is 0.145. The third-order valence-electron chi connectivity index (χ3n) is 5.01. The normalized spacial score (nSPS) is 21.5. The van der Waals surface area contributed by atoms with E-state index in [0.717, 1.165) is 5.56 Å². The highest BCUT2D eigenvalue weighted by molar-refractivity contribution is 5.91. The lowest BCUT2D eigenvalue weighted by molar-refractivity contribution is -0.144. The van der Waals surface area contributed by atoms with Gasteiger partial charge in [-0.3, -0.25) is 14.5 Å². The largest absolute Gasteiger partial charge is 0.370 e. The smallest absolute Gasteiger partial charge is 0.246 e. The molecule has 1 fully saturated rings. The lowest BCUT2D eigenvalue weighted by atomic mass is 10.0. The number of morpholine rings is 1. The summed E-state index contributed by atoms with van der Waals surface area (Å²) in [5.41, 5.74) is 0.389. The molecule has 0 saturated carbocycles. The Bertz CT molecular complexity index is 702. The summed E-state index contributed by atoms with van der Waals surface area (Å²) in [6.07, 6.45) is 7.32. The molecule has 2 rings (SSSR count). The molecule has 28 heavy (non-hydrogen) atoms. The number of nitrogens with one attached hydrogen (secondary N) is 1. The Balaban J connectivity index is 1.94. The molecule has 1 aromatic rings. The number of rotatable bonds is 7. The molecule has 2 atom stereocenters. The monoisotopic (exact) mass is 390 g/mol. The van der Waals surface area contributed by atoms with Crippen LogP contribution >= 0.6 is 0 Å². The van der Waals surface area contributed by atoms with E-state index in [1.807, 2.05) is 75.9 Å². The van der Waals surface area contributed by atoms with Gasteiger partial charge in [0.15, 0.2) is 0 Å². The highest BCUT2D eigenvalue weighted by Gasteiger charge is 2.35. The maximum atomic E-state index is 12.6. The minimum absolute atomic E-state index is 0.0164. The Labute approximate surface area is 168 Å². The van der Waals surface area contributed by atoms with Crippen molar-refractivity contribution in [2.45, 2.75) is 32.4 Å². The molecule has 1 aromatic heterocycles. The minimum Gasteiger partial charge on any atom is -0.370 e. The van der Waals surface area contributed by atoms with Gasteiger partial charge in [-0.25, -0.2) is 0 Å². The number of carbonyl (C=O) groups excluding carboxylic acids is 2. The van der Waals surface area contributed by atoms with E-state index >= 15 is 0 Å². The fourth-order valence-corrected chi connectivity index (χ4v) is 3.63. The van der Waals surface area contributed by atoms with Crippen LogP contribution in [-0.2, 0) is 21.4 Å². The van der Waals surface area contributed by atoms with Crippen molar-refractivity contribution in [2.75, 3.05) is 40.3 Å². The lowest BCUT2D eigenvalue weighted by Crippen LogP contribution is -2.58. The first-order valence-corrected chi connectivity index (χ1v) is 9.78. The van der Waals surface area contributed by atoms with Gasteiger partial charge in [0.05, 0.1) is 19.2 Å². The zero-order valence-electron chi connectivity index (χ0n) is 17.9. The summed E-state index contributed by atoms with van der Waals surface area (Å²) < 4.78 is 7.85. The number of ether oxygens (including phenoxy) is 1. The maximum Gasteiger partial charge on any atom is 0.246 e. The van der Waals surface area contributed by atoms with Gasteiger partial charge >= 0.3 is 0 Å². The number of carbonyl (C=O) groups is 2. The summed E-state index contributed by atoms with van der Waals surface area (Å²) in [6, 6.07) is 1.76. The van der Waals surface area contributed by atoms with Crippen molar-refractivity contribution >= 4 is 17.9 Å². The molecule has 1 aliphatic rings. The molecule has 0 radical (unpaired) electrons. The van der Waals surface area contributed by atoms with E-state index in [-0.39, 0.29) is 23.8 Å². The third kappa shape index (κ3) is 5.94. The molecule has 2 amide bonds. The molecule has 2 heterocycles. The molecule has 1 aliphatic heterocycles. The second-order valence-corrected chi connectivity index (χ2v) is 8.37. The summed E-state index contributed by atoms with van der Waals surface area (Å²) >= 11 is 0. The second kappa shape index (κ2) is 9.39. The number of aromatic nitrogens is 1. The predicted octanol–water partition coefficient (Wildman–Crippen LogP) is 1.36. The molecule has 0 spiro atoms. The van der Waals surface area contributed by atoms with E-state index in [4.69, 9.17) is 4.74 Å². The number of likely N-dealkylation sites (N-methyl/N-ethyl adjacent to an activating group) is 1. The highest BCUT2D eigenvalue weighted by Crippen LogP contribution is 2.18. The molecule has 0 aromatic carbocycles. The fourth-order valence-electron chi connectivity index (χ4n) is 3.63. The number of aryl methyl sites for hydroxylation is 1. The summed E-state index contributed by atoms with van der Waals surface area (Å²) in [6.45, 7) is 7.82. The standard InChI is InChI=1S/C21H34N4O3/c1-16(2)19(23(4)5)20(27)22-14-21(3)15-25(11-12-28-21)18(26)8-7-17-9-10-24(6)13-17/h7-10,13,16,19H,11-12,14-15H2,1-6H3,(H,22,27)/b8-7+. The van der Waals surface area contributed by atoms with Crippen molar-refractivity contribution in [1.82, 2.24) is 19.7 Å². The molecule has 0 bridgehead atoms. The summed E-state index contributed by atoms with van der Waals surface area (Å²) in [7, 11) is 5.76. The maximum absolute atomic E-state index is 12.6. The van der Waals surface area contributed by atoms with E-state index in [0.29, 0.717) is 26.2 Å². The van der Waals surface area contributed by atoms with Crippen LogP contribution in [0.1, 0.15) is 26.3 Å². The van der Waals surface area contributed by atoms with Crippen molar-refractivity contribution < 1.29 is 14.3 Å². The number of hydrogen-bond donors (Lipinski definition) is 1. The van der Waals surface area contributed by atoms with E-state index in [2.05, 4.69) is 5.32 Å². The van der Waals surface area contributed by atoms with Gasteiger partial charge in [0.2, 0.25) is 11.8 Å². The van der Waals surface area contributed by atoms with Crippen molar-refractivity contribution in [1.29, 1.82) is 0 Å². The van der Waals surface area contributed by atoms with E-state index in [9.17, 15) is 9.59 Å². The number of nitrogens with zero attached hydrogens (tertiary/aromatic N) is 3. The molecular weight excluding hydrogens is 356 g/mol. The summed E-state index contributed by atoms with van der Waals surface area (Å²) in [4.78, 5) is 28.9. The third-order valence-corrected chi connectivity index (χ3v) is 5.01. The van der Waals surface area contributed by atoms with Crippen molar-refractivity contribution in [3.05, 3.63) is 30.1 Å². The van der Waals surface area contributed by atoms with E-state index in [1.165, 1.54) is 0 Å². The van der Waals surface area contributed by atoms with Gasteiger partial charge in [0.25, 0.3) is 0 Å². The molecular formula is C21H34N4O3.